The molecule has 2 aliphatic heterocycles. The smallest absolute Gasteiger partial charge is 0.222 e. The van der Waals surface area contributed by atoms with Gasteiger partial charge in [-0.15, -0.1) is 0 Å². The second-order valence-electron chi connectivity index (χ2n) is 7.83. The van der Waals surface area contributed by atoms with Crippen LogP contribution in [0, 0.1) is 0 Å². The average Bonchev–Trinajstić information content (AvgIpc) is 3.21. The van der Waals surface area contributed by atoms with Crippen molar-refractivity contribution >= 4 is 11.9 Å². The zero-order valence-electron chi connectivity index (χ0n) is 17.6. The molecule has 1 saturated heterocycles. The van der Waals surface area contributed by atoms with Crippen LogP contribution in [0.2, 0.25) is 0 Å². The van der Waals surface area contributed by atoms with Crippen LogP contribution in [0.25, 0.3) is 0 Å². The normalized spacial score (nSPS) is 21.3. The van der Waals surface area contributed by atoms with Gasteiger partial charge in [0, 0.05) is 58.3 Å². The molecule has 1 aromatic carbocycles. The molecule has 2 aliphatic rings. The predicted octanol–water partition coefficient (Wildman–Crippen LogP) is 2.00. The van der Waals surface area contributed by atoms with Gasteiger partial charge in [-0.3, -0.25) is 14.7 Å². The maximum atomic E-state index is 11.9. The first-order valence-electron chi connectivity index (χ1n) is 10.7. The zero-order valence-corrected chi connectivity index (χ0v) is 17.6. The van der Waals surface area contributed by atoms with Crippen LogP contribution in [0.1, 0.15) is 44.2 Å². The minimum atomic E-state index is 0.240. The van der Waals surface area contributed by atoms with Crippen LogP contribution in [-0.2, 0) is 17.8 Å². The summed E-state index contributed by atoms with van der Waals surface area (Å²) >= 11 is 0. The summed E-state index contributed by atoms with van der Waals surface area (Å²) in [4.78, 5) is 20.8. The molecule has 0 spiro atoms. The highest BCUT2D eigenvalue weighted by Gasteiger charge is 2.26. The van der Waals surface area contributed by atoms with E-state index in [2.05, 4.69) is 51.7 Å². The van der Waals surface area contributed by atoms with Gasteiger partial charge in [-0.25, -0.2) is 0 Å². The molecule has 1 fully saturated rings. The Bertz CT molecular complexity index is 689. The summed E-state index contributed by atoms with van der Waals surface area (Å²) in [5.41, 5.74) is 2.95. The van der Waals surface area contributed by atoms with Gasteiger partial charge in [0.15, 0.2) is 5.96 Å². The number of hydrogen-bond acceptors (Lipinski definition) is 3. The summed E-state index contributed by atoms with van der Waals surface area (Å²) in [6.45, 7) is 8.81. The highest BCUT2D eigenvalue weighted by molar-refractivity contribution is 5.80. The molecule has 1 amide bonds. The zero-order chi connectivity index (χ0) is 19.9. The van der Waals surface area contributed by atoms with Crippen LogP contribution in [0.3, 0.4) is 0 Å². The maximum absolute atomic E-state index is 11.9. The number of carbonyl (C=O) groups excluding carboxylic acids is 1. The van der Waals surface area contributed by atoms with E-state index in [1.165, 1.54) is 11.1 Å². The van der Waals surface area contributed by atoms with E-state index in [4.69, 9.17) is 0 Å². The van der Waals surface area contributed by atoms with Crippen molar-refractivity contribution in [1.29, 1.82) is 0 Å². The lowest BCUT2D eigenvalue weighted by molar-refractivity contribution is -0.129. The molecule has 2 unspecified atom stereocenters. The molecule has 154 valence electrons. The van der Waals surface area contributed by atoms with E-state index in [1.807, 2.05) is 18.9 Å². The largest absolute Gasteiger partial charge is 0.355 e. The molecule has 3 rings (SSSR count). The molecule has 2 N–H and O–H groups in total. The number of guanidine groups is 1. The van der Waals surface area contributed by atoms with E-state index in [-0.39, 0.29) is 11.9 Å². The number of amides is 1. The number of hydrogen-bond donors (Lipinski definition) is 2. The van der Waals surface area contributed by atoms with Gasteiger partial charge in [0.05, 0.1) is 0 Å². The van der Waals surface area contributed by atoms with Crippen LogP contribution in [0.15, 0.2) is 29.3 Å². The summed E-state index contributed by atoms with van der Waals surface area (Å²) in [6.07, 6.45) is 3.79. The Balaban J connectivity index is 1.49. The van der Waals surface area contributed by atoms with Crippen LogP contribution in [0.4, 0.5) is 0 Å². The first kappa shape index (κ1) is 20.6. The van der Waals surface area contributed by atoms with Crippen molar-refractivity contribution in [3.05, 3.63) is 35.4 Å². The highest BCUT2D eigenvalue weighted by atomic mass is 16.2. The number of fused-ring (bicyclic) bond motifs is 1. The lowest BCUT2D eigenvalue weighted by atomic mass is 9.98. The van der Waals surface area contributed by atoms with Crippen molar-refractivity contribution in [2.45, 2.75) is 58.2 Å². The summed E-state index contributed by atoms with van der Waals surface area (Å²) in [6, 6.07) is 9.55. The summed E-state index contributed by atoms with van der Waals surface area (Å²) in [7, 11) is 1.82. The fourth-order valence-electron chi connectivity index (χ4n) is 4.29. The third kappa shape index (κ3) is 5.04. The minimum Gasteiger partial charge on any atom is -0.355 e. The van der Waals surface area contributed by atoms with Crippen molar-refractivity contribution in [2.75, 3.05) is 33.2 Å². The lowest BCUT2D eigenvalue weighted by Crippen LogP contribution is -2.50. The Morgan fingerprint density at radius 2 is 2.04 bits per heavy atom. The minimum absolute atomic E-state index is 0.240. The molecule has 6 nitrogen and oxygen atoms in total. The number of likely N-dealkylation sites (tertiary alicyclic amines) is 1. The van der Waals surface area contributed by atoms with Gasteiger partial charge in [-0.1, -0.05) is 38.1 Å². The molecule has 0 saturated carbocycles. The Labute approximate surface area is 169 Å². The van der Waals surface area contributed by atoms with E-state index >= 15 is 0 Å². The second-order valence-corrected chi connectivity index (χ2v) is 7.83. The molecule has 6 heteroatoms. The van der Waals surface area contributed by atoms with E-state index in [0.29, 0.717) is 12.5 Å². The predicted molar refractivity (Wildman–Crippen MR) is 114 cm³/mol. The molecule has 0 radical (unpaired) electrons. The first-order chi connectivity index (χ1) is 13.6. The van der Waals surface area contributed by atoms with Gasteiger partial charge in [-0.2, -0.15) is 0 Å². The van der Waals surface area contributed by atoms with Gasteiger partial charge in [0.1, 0.15) is 0 Å². The molecular formula is C22H35N5O. The summed E-state index contributed by atoms with van der Waals surface area (Å²) < 4.78 is 0. The molecule has 0 bridgehead atoms. The quantitative estimate of drug-likeness (QED) is 0.581. The SMILES string of the molecule is CCC(=O)N1CCC(NC(=NC)NCC(CC)N2CCc3ccccc3C2)C1. The Hall–Kier alpha value is -2.08. The highest BCUT2D eigenvalue weighted by Crippen LogP contribution is 2.21. The number of benzene rings is 1. The first-order valence-corrected chi connectivity index (χ1v) is 10.7. The van der Waals surface area contributed by atoms with Gasteiger partial charge < -0.3 is 15.5 Å². The monoisotopic (exact) mass is 385 g/mol. The van der Waals surface area contributed by atoms with Gasteiger partial charge in [-0.05, 0) is 30.4 Å². The summed E-state index contributed by atoms with van der Waals surface area (Å²) in [5.74, 6) is 1.08. The fourth-order valence-corrected chi connectivity index (χ4v) is 4.29. The van der Waals surface area contributed by atoms with Crippen molar-refractivity contribution in [3.63, 3.8) is 0 Å². The molecule has 0 aromatic heterocycles. The maximum Gasteiger partial charge on any atom is 0.222 e. The summed E-state index contributed by atoms with van der Waals surface area (Å²) in [5, 5.41) is 7.02. The topological polar surface area (TPSA) is 60.0 Å². The van der Waals surface area contributed by atoms with Gasteiger partial charge >= 0.3 is 0 Å². The van der Waals surface area contributed by atoms with E-state index in [1.54, 1.807) is 0 Å². The fraction of sp³-hybridized carbons (Fsp3) is 0.636. The Morgan fingerprint density at radius 1 is 1.25 bits per heavy atom. The molecule has 2 atom stereocenters. The number of carbonyl (C=O) groups is 1. The van der Waals surface area contributed by atoms with Crippen molar-refractivity contribution in [3.8, 4) is 0 Å². The lowest BCUT2D eigenvalue weighted by Gasteiger charge is -2.35. The van der Waals surface area contributed by atoms with Gasteiger partial charge in [0.2, 0.25) is 5.91 Å². The van der Waals surface area contributed by atoms with Crippen molar-refractivity contribution < 1.29 is 4.79 Å². The molecule has 28 heavy (non-hydrogen) atoms. The Kier molecular flexibility index (Phi) is 7.31. The molecule has 1 aromatic rings. The van der Waals surface area contributed by atoms with Crippen LogP contribution in [-0.4, -0.2) is 67.0 Å². The van der Waals surface area contributed by atoms with Crippen molar-refractivity contribution in [2.24, 2.45) is 4.99 Å². The van der Waals surface area contributed by atoms with Crippen molar-refractivity contribution in [1.82, 2.24) is 20.4 Å². The third-order valence-electron chi connectivity index (χ3n) is 6.06. The number of nitrogens with one attached hydrogen (secondary N) is 2. The third-order valence-corrected chi connectivity index (χ3v) is 6.06. The van der Waals surface area contributed by atoms with Gasteiger partial charge in [0.25, 0.3) is 0 Å². The van der Waals surface area contributed by atoms with E-state index < -0.39 is 0 Å². The van der Waals surface area contributed by atoms with Crippen LogP contribution < -0.4 is 10.6 Å². The van der Waals surface area contributed by atoms with E-state index in [9.17, 15) is 4.79 Å². The number of rotatable bonds is 6. The van der Waals surface area contributed by atoms with Crippen LogP contribution >= 0.6 is 0 Å². The number of aliphatic imine (C=N–C) groups is 1. The average molecular weight is 386 g/mol. The molecule has 2 heterocycles. The van der Waals surface area contributed by atoms with E-state index in [0.717, 1.165) is 57.9 Å². The second kappa shape index (κ2) is 9.92. The number of nitrogens with zero attached hydrogens (tertiary/aromatic N) is 3. The molecule has 0 aliphatic carbocycles. The molecular weight excluding hydrogens is 350 g/mol. The Morgan fingerprint density at radius 3 is 2.75 bits per heavy atom. The standard InChI is InChI=1S/C22H35N5O/c1-4-20(26-12-10-17-8-6-7-9-18(17)15-26)14-24-22(23-3)25-19-11-13-27(16-19)21(28)5-2/h6-9,19-20H,4-5,10-16H2,1-3H3,(H2,23,24,25). The van der Waals surface area contributed by atoms with Crippen LogP contribution in [0.5, 0.6) is 0 Å².